The fourth-order valence-corrected chi connectivity index (χ4v) is 11.0. The number of aryl methyl sites for hydroxylation is 1. The molecule has 1 aromatic heterocycles. The van der Waals surface area contributed by atoms with Crippen LogP contribution in [0.2, 0.25) is 0 Å². The predicted molar refractivity (Wildman–Crippen MR) is 194 cm³/mol. The normalized spacial score (nSPS) is 32.2. The lowest BCUT2D eigenvalue weighted by Gasteiger charge is -2.61. The maximum absolute atomic E-state index is 13.0. The first-order valence-electron chi connectivity index (χ1n) is 19.5. The van der Waals surface area contributed by atoms with E-state index in [-0.39, 0.29) is 29.7 Å². The quantitative estimate of drug-likeness (QED) is 0.137. The molecule has 48 heavy (non-hydrogen) atoms. The molecule has 0 N–H and O–H groups in total. The number of ether oxygens (including phenoxy) is 2. The van der Waals surface area contributed by atoms with E-state index in [2.05, 4.69) is 47.6 Å². The summed E-state index contributed by atoms with van der Waals surface area (Å²) in [7, 11) is 0. The van der Waals surface area contributed by atoms with Gasteiger partial charge in [0.1, 0.15) is 17.4 Å². The lowest BCUT2D eigenvalue weighted by Crippen LogP contribution is -2.52. The molecule has 1 aromatic carbocycles. The van der Waals surface area contributed by atoms with Crippen LogP contribution in [0.15, 0.2) is 39.1 Å². The van der Waals surface area contributed by atoms with E-state index in [0.29, 0.717) is 23.2 Å². The smallest absolute Gasteiger partial charge is 0.344 e. The highest BCUT2D eigenvalue weighted by atomic mass is 16.6. The third kappa shape index (κ3) is 7.04. The average Bonchev–Trinajstić information content (AvgIpc) is 3.04. The van der Waals surface area contributed by atoms with Crippen molar-refractivity contribution >= 4 is 16.9 Å². The number of carbonyl (C=O) groups is 1. The lowest BCUT2D eigenvalue weighted by molar-refractivity contribution is -0.154. The first kappa shape index (κ1) is 35.3. The van der Waals surface area contributed by atoms with Crippen LogP contribution in [0, 0.1) is 53.3 Å². The number of hydrogen-bond donors (Lipinski definition) is 0. The van der Waals surface area contributed by atoms with E-state index in [0.717, 1.165) is 77.7 Å². The first-order valence-corrected chi connectivity index (χ1v) is 19.5. The first-order chi connectivity index (χ1) is 22.9. The molecule has 5 nitrogen and oxygen atoms in total. The molecule has 1 heterocycles. The van der Waals surface area contributed by atoms with Crippen molar-refractivity contribution in [3.05, 3.63) is 51.4 Å². The van der Waals surface area contributed by atoms with Crippen molar-refractivity contribution in [1.29, 1.82) is 0 Å². The highest BCUT2D eigenvalue weighted by Gasteiger charge is 2.56. The van der Waals surface area contributed by atoms with Crippen molar-refractivity contribution in [2.24, 2.45) is 46.3 Å². The van der Waals surface area contributed by atoms with Gasteiger partial charge in [0, 0.05) is 23.4 Å². The Bertz CT molecular complexity index is 1550. The minimum Gasteiger partial charge on any atom is -0.482 e. The molecular formula is C43H62O5. The van der Waals surface area contributed by atoms with E-state index < -0.39 is 0 Å². The summed E-state index contributed by atoms with van der Waals surface area (Å²) in [4.78, 5) is 25.5. The third-order valence-electron chi connectivity index (χ3n) is 13.8. The Hall–Kier alpha value is -2.56. The van der Waals surface area contributed by atoms with E-state index in [1.165, 1.54) is 63.4 Å². The van der Waals surface area contributed by atoms with E-state index in [1.54, 1.807) is 6.07 Å². The van der Waals surface area contributed by atoms with Crippen molar-refractivity contribution in [3.63, 3.8) is 0 Å². The molecule has 6 rings (SSSR count). The summed E-state index contributed by atoms with van der Waals surface area (Å²) >= 11 is 0. The molecule has 0 saturated heterocycles. The Morgan fingerprint density at radius 1 is 1.04 bits per heavy atom. The molecule has 5 heteroatoms. The zero-order chi connectivity index (χ0) is 34.2. The fraction of sp³-hybridized carbons (Fsp3) is 0.721. The van der Waals surface area contributed by atoms with Gasteiger partial charge in [-0.15, -0.1) is 0 Å². The molecular weight excluding hydrogens is 596 g/mol. The summed E-state index contributed by atoms with van der Waals surface area (Å²) in [6.45, 7) is 16.3. The number of allylic oxidation sites excluding steroid dienone is 1. The van der Waals surface area contributed by atoms with Crippen LogP contribution < -0.4 is 10.4 Å². The molecule has 0 spiro atoms. The second-order valence-corrected chi connectivity index (χ2v) is 17.3. The SMILES string of the molecule is CCCc1c(C)c2ccc(OCC(=O)O[C@@H]3CC[C@@]4(C)C(=CC[C@H]5[C@H]6CC[C@@H]([C@@H](C)CCCC(C)C)C[C@@]6(C)CC[C@@H]54)C3)cc2oc1=O. The number of rotatable bonds is 11. The molecule has 264 valence electrons. The third-order valence-corrected chi connectivity index (χ3v) is 13.8. The highest BCUT2D eigenvalue weighted by molar-refractivity contribution is 5.82. The van der Waals surface area contributed by atoms with Crippen molar-refractivity contribution in [2.45, 2.75) is 144 Å². The minimum atomic E-state index is -0.336. The number of esters is 1. The number of carbonyl (C=O) groups excluding carboxylic acids is 1. The summed E-state index contributed by atoms with van der Waals surface area (Å²) in [5.74, 6) is 5.15. The van der Waals surface area contributed by atoms with Crippen molar-refractivity contribution in [1.82, 2.24) is 0 Å². The van der Waals surface area contributed by atoms with Crippen LogP contribution in [0.25, 0.3) is 11.0 Å². The van der Waals surface area contributed by atoms with Crippen LogP contribution in [0.3, 0.4) is 0 Å². The fourth-order valence-electron chi connectivity index (χ4n) is 11.0. The van der Waals surface area contributed by atoms with Gasteiger partial charge in [-0.3, -0.25) is 0 Å². The Morgan fingerprint density at radius 3 is 2.62 bits per heavy atom. The molecule has 4 aliphatic carbocycles. The molecule has 0 radical (unpaired) electrons. The Balaban J connectivity index is 1.03. The topological polar surface area (TPSA) is 65.7 Å². The lowest BCUT2D eigenvalue weighted by atomic mass is 9.44. The molecule has 3 fully saturated rings. The summed E-state index contributed by atoms with van der Waals surface area (Å²) in [5, 5.41) is 0.901. The molecule has 2 aromatic rings. The van der Waals surface area contributed by atoms with Crippen molar-refractivity contribution < 1.29 is 18.7 Å². The number of fused-ring (bicyclic) bond motifs is 6. The second-order valence-electron chi connectivity index (χ2n) is 17.3. The van der Waals surface area contributed by atoms with Gasteiger partial charge >= 0.3 is 11.6 Å². The average molecular weight is 659 g/mol. The van der Waals surface area contributed by atoms with E-state index >= 15 is 0 Å². The molecule has 0 bridgehead atoms. The van der Waals surface area contributed by atoms with Gasteiger partial charge in [0.2, 0.25) is 0 Å². The van der Waals surface area contributed by atoms with Crippen LogP contribution in [-0.2, 0) is 16.0 Å². The summed E-state index contributed by atoms with van der Waals surface area (Å²) in [5.41, 5.74) is 4.14. The second kappa shape index (κ2) is 14.4. The molecule has 3 saturated carbocycles. The number of benzene rings is 1. The van der Waals surface area contributed by atoms with Gasteiger partial charge in [-0.1, -0.05) is 78.9 Å². The van der Waals surface area contributed by atoms with E-state index in [4.69, 9.17) is 13.9 Å². The summed E-state index contributed by atoms with van der Waals surface area (Å²) in [6.07, 6.45) is 19.3. The molecule has 0 amide bonds. The zero-order valence-electron chi connectivity index (χ0n) is 31.0. The summed E-state index contributed by atoms with van der Waals surface area (Å²) in [6, 6.07) is 5.45. The Morgan fingerprint density at radius 2 is 1.85 bits per heavy atom. The Labute approximate surface area is 289 Å². The molecule has 4 aliphatic rings. The van der Waals surface area contributed by atoms with Crippen molar-refractivity contribution in [3.8, 4) is 5.75 Å². The van der Waals surface area contributed by atoms with Gasteiger partial charge < -0.3 is 13.9 Å². The van der Waals surface area contributed by atoms with Gasteiger partial charge in [-0.25, -0.2) is 9.59 Å². The van der Waals surface area contributed by atoms with Crippen LogP contribution in [0.4, 0.5) is 0 Å². The number of hydrogen-bond acceptors (Lipinski definition) is 5. The largest absolute Gasteiger partial charge is 0.482 e. The predicted octanol–water partition coefficient (Wildman–Crippen LogP) is 10.8. The van der Waals surface area contributed by atoms with Crippen LogP contribution in [0.1, 0.15) is 136 Å². The van der Waals surface area contributed by atoms with Gasteiger partial charge in [0.15, 0.2) is 6.61 Å². The maximum atomic E-state index is 13.0. The van der Waals surface area contributed by atoms with Crippen molar-refractivity contribution in [2.75, 3.05) is 6.61 Å². The Kier molecular flexibility index (Phi) is 10.5. The van der Waals surface area contributed by atoms with Gasteiger partial charge in [0.25, 0.3) is 0 Å². The molecule has 8 atom stereocenters. The van der Waals surface area contributed by atoms with Crippen LogP contribution >= 0.6 is 0 Å². The monoisotopic (exact) mass is 658 g/mol. The maximum Gasteiger partial charge on any atom is 0.344 e. The minimum absolute atomic E-state index is 0.0901. The highest BCUT2D eigenvalue weighted by Crippen LogP contribution is 2.65. The molecule has 0 aliphatic heterocycles. The summed E-state index contributed by atoms with van der Waals surface area (Å²) < 4.78 is 17.4. The van der Waals surface area contributed by atoms with Crippen LogP contribution in [0.5, 0.6) is 5.75 Å². The van der Waals surface area contributed by atoms with Crippen LogP contribution in [-0.4, -0.2) is 18.7 Å². The van der Waals surface area contributed by atoms with E-state index in [9.17, 15) is 9.59 Å². The van der Waals surface area contributed by atoms with Gasteiger partial charge in [-0.2, -0.15) is 0 Å². The molecule has 0 unspecified atom stereocenters. The standard InChI is InChI=1S/C43H62O5/c1-8-10-35-29(5)34-17-15-32(24-39(34)48-41(35)45)46-26-40(44)47-33-19-22-43(7)31(23-33)14-16-36-37-18-13-30(28(4)12-9-11-27(2)3)25-42(37,6)21-20-38(36)43/h14-15,17,24,27-28,30,33,36-38H,8-13,16,18-23,25-26H2,1-7H3/t28-,30+,33+,36-,37+,38-,42+,43-/m0/s1. The van der Waals surface area contributed by atoms with Gasteiger partial charge in [-0.05, 0) is 129 Å². The zero-order valence-corrected chi connectivity index (χ0v) is 31.0. The van der Waals surface area contributed by atoms with Gasteiger partial charge in [0.05, 0.1) is 0 Å². The van der Waals surface area contributed by atoms with E-state index in [1.807, 2.05) is 19.1 Å².